The van der Waals surface area contributed by atoms with Gasteiger partial charge in [-0.25, -0.2) is 4.79 Å². The highest BCUT2D eigenvalue weighted by molar-refractivity contribution is 7.99. The van der Waals surface area contributed by atoms with Crippen molar-refractivity contribution in [3.8, 4) is 11.5 Å². The van der Waals surface area contributed by atoms with Gasteiger partial charge in [-0.05, 0) is 18.2 Å². The number of methoxy groups -OCH3 is 3. The Balaban J connectivity index is 2.83. The summed E-state index contributed by atoms with van der Waals surface area (Å²) >= 11 is 1.37. The van der Waals surface area contributed by atoms with E-state index in [2.05, 4.69) is 10.1 Å². The third-order valence-electron chi connectivity index (χ3n) is 2.64. The summed E-state index contributed by atoms with van der Waals surface area (Å²) in [5.41, 5.74) is 0. The summed E-state index contributed by atoms with van der Waals surface area (Å²) in [4.78, 5) is 23.6. The van der Waals surface area contributed by atoms with Gasteiger partial charge in [0.25, 0.3) is 0 Å². The van der Waals surface area contributed by atoms with Crippen LogP contribution in [0.15, 0.2) is 23.1 Å². The van der Waals surface area contributed by atoms with Gasteiger partial charge in [0.15, 0.2) is 0 Å². The molecule has 0 aliphatic rings. The number of amides is 1. The third-order valence-corrected chi connectivity index (χ3v) is 3.77. The molecule has 0 saturated heterocycles. The molecule has 0 fully saturated rings. The summed E-state index contributed by atoms with van der Waals surface area (Å²) in [5.74, 6) is 0.915. The first-order valence-electron chi connectivity index (χ1n) is 6.21. The van der Waals surface area contributed by atoms with Crippen LogP contribution < -0.4 is 14.8 Å². The molecule has 0 radical (unpaired) electrons. The number of ether oxygens (including phenoxy) is 3. The van der Waals surface area contributed by atoms with Gasteiger partial charge >= 0.3 is 5.97 Å². The van der Waals surface area contributed by atoms with E-state index in [0.717, 1.165) is 4.90 Å². The maximum atomic E-state index is 11.6. The third kappa shape index (κ3) is 5.18. The van der Waals surface area contributed by atoms with E-state index < -0.39 is 12.0 Å². The Morgan fingerprint density at radius 1 is 1.24 bits per heavy atom. The number of esters is 1. The molecule has 1 N–H and O–H groups in total. The summed E-state index contributed by atoms with van der Waals surface area (Å²) in [7, 11) is 4.43. The van der Waals surface area contributed by atoms with Crippen LogP contribution in [-0.4, -0.2) is 45.0 Å². The smallest absolute Gasteiger partial charge is 0.329 e. The highest BCUT2D eigenvalue weighted by Crippen LogP contribution is 2.33. The van der Waals surface area contributed by atoms with Gasteiger partial charge in [0.05, 0.1) is 26.2 Å². The summed E-state index contributed by atoms with van der Waals surface area (Å²) in [6.45, 7) is 1.35. The Morgan fingerprint density at radius 2 is 1.95 bits per heavy atom. The van der Waals surface area contributed by atoms with E-state index >= 15 is 0 Å². The van der Waals surface area contributed by atoms with Crippen LogP contribution in [0.2, 0.25) is 0 Å². The molecule has 21 heavy (non-hydrogen) atoms. The molecule has 0 aromatic heterocycles. The van der Waals surface area contributed by atoms with E-state index in [9.17, 15) is 9.59 Å². The predicted octanol–water partition coefficient (Wildman–Crippen LogP) is 1.47. The summed E-state index contributed by atoms with van der Waals surface area (Å²) in [6, 6.07) is 4.67. The highest BCUT2D eigenvalue weighted by atomic mass is 32.2. The van der Waals surface area contributed by atoms with Crippen LogP contribution in [0.3, 0.4) is 0 Å². The van der Waals surface area contributed by atoms with Gasteiger partial charge in [0.1, 0.15) is 17.5 Å². The monoisotopic (exact) mass is 313 g/mol. The zero-order chi connectivity index (χ0) is 15.8. The number of benzene rings is 1. The van der Waals surface area contributed by atoms with Gasteiger partial charge < -0.3 is 19.5 Å². The van der Waals surface area contributed by atoms with E-state index in [1.807, 2.05) is 6.07 Å². The van der Waals surface area contributed by atoms with Gasteiger partial charge in [-0.15, -0.1) is 11.8 Å². The Morgan fingerprint density at radius 3 is 2.48 bits per heavy atom. The van der Waals surface area contributed by atoms with E-state index in [4.69, 9.17) is 9.47 Å². The molecular weight excluding hydrogens is 294 g/mol. The van der Waals surface area contributed by atoms with Crippen molar-refractivity contribution in [2.75, 3.05) is 27.1 Å². The summed E-state index contributed by atoms with van der Waals surface area (Å²) in [5, 5.41) is 2.56. The molecule has 0 heterocycles. The van der Waals surface area contributed by atoms with E-state index in [-0.39, 0.29) is 5.91 Å². The molecular formula is C14H19NO5S. The Hall–Kier alpha value is -1.89. The Labute approximate surface area is 128 Å². The first-order valence-corrected chi connectivity index (χ1v) is 7.20. The van der Waals surface area contributed by atoms with Crippen LogP contribution in [0.5, 0.6) is 11.5 Å². The van der Waals surface area contributed by atoms with Crippen LogP contribution in [0.25, 0.3) is 0 Å². The molecule has 0 unspecified atom stereocenters. The Bertz CT molecular complexity index is 506. The van der Waals surface area contributed by atoms with Gasteiger partial charge in [0.2, 0.25) is 5.91 Å². The normalized spacial score (nSPS) is 11.4. The molecule has 0 spiro atoms. The molecule has 1 aromatic rings. The van der Waals surface area contributed by atoms with E-state index in [0.29, 0.717) is 17.3 Å². The largest absolute Gasteiger partial charge is 0.497 e. The predicted molar refractivity (Wildman–Crippen MR) is 79.9 cm³/mol. The molecule has 0 bridgehead atoms. The lowest BCUT2D eigenvalue weighted by Gasteiger charge is -2.16. The molecule has 116 valence electrons. The second kappa shape index (κ2) is 8.41. The fourth-order valence-corrected chi connectivity index (χ4v) is 2.68. The number of carbonyl (C=O) groups is 2. The molecule has 7 heteroatoms. The van der Waals surface area contributed by atoms with Gasteiger partial charge in [-0.1, -0.05) is 0 Å². The van der Waals surface area contributed by atoms with Crippen molar-refractivity contribution in [2.24, 2.45) is 0 Å². The molecule has 1 atom stereocenters. The molecule has 1 aromatic carbocycles. The van der Waals surface area contributed by atoms with Gasteiger partial charge in [0, 0.05) is 12.7 Å². The van der Waals surface area contributed by atoms with Crippen molar-refractivity contribution in [1.82, 2.24) is 5.32 Å². The number of thioether (sulfide) groups is 1. The van der Waals surface area contributed by atoms with Gasteiger partial charge in [-0.2, -0.15) is 0 Å². The Kier molecular flexibility index (Phi) is 6.87. The van der Waals surface area contributed by atoms with Crippen molar-refractivity contribution < 1.29 is 23.8 Å². The van der Waals surface area contributed by atoms with E-state index in [1.54, 1.807) is 26.4 Å². The lowest BCUT2D eigenvalue weighted by molar-refractivity contribution is -0.144. The zero-order valence-corrected chi connectivity index (χ0v) is 13.3. The number of carbonyl (C=O) groups excluding carboxylic acids is 2. The first-order chi connectivity index (χ1) is 10.0. The van der Waals surface area contributed by atoms with Crippen molar-refractivity contribution in [3.63, 3.8) is 0 Å². The highest BCUT2D eigenvalue weighted by Gasteiger charge is 2.21. The van der Waals surface area contributed by atoms with Crippen molar-refractivity contribution >= 4 is 23.6 Å². The van der Waals surface area contributed by atoms with E-state index in [1.165, 1.54) is 25.8 Å². The number of nitrogens with one attached hydrogen (secondary N) is 1. The lowest BCUT2D eigenvalue weighted by atomic mass is 10.3. The topological polar surface area (TPSA) is 73.9 Å². The second-order valence-corrected chi connectivity index (χ2v) is 5.17. The van der Waals surface area contributed by atoms with Crippen molar-refractivity contribution in [2.45, 2.75) is 17.9 Å². The fourth-order valence-electron chi connectivity index (χ4n) is 1.63. The lowest BCUT2D eigenvalue weighted by Crippen LogP contribution is -2.42. The van der Waals surface area contributed by atoms with Crippen LogP contribution in [0.1, 0.15) is 6.92 Å². The number of hydrogen-bond donors (Lipinski definition) is 1. The SMILES string of the molecule is COC(=O)[C@H](CSc1cc(OC)ccc1OC)NC(C)=O. The van der Waals surface area contributed by atoms with Crippen LogP contribution >= 0.6 is 11.8 Å². The average molecular weight is 313 g/mol. The van der Waals surface area contributed by atoms with Crippen LogP contribution in [0, 0.1) is 0 Å². The minimum absolute atomic E-state index is 0.288. The van der Waals surface area contributed by atoms with Crippen molar-refractivity contribution in [3.05, 3.63) is 18.2 Å². The van der Waals surface area contributed by atoms with Crippen LogP contribution in [-0.2, 0) is 14.3 Å². The molecule has 1 amide bonds. The number of hydrogen-bond acceptors (Lipinski definition) is 6. The maximum Gasteiger partial charge on any atom is 0.329 e. The first kappa shape index (κ1) is 17.2. The minimum Gasteiger partial charge on any atom is -0.497 e. The van der Waals surface area contributed by atoms with Gasteiger partial charge in [-0.3, -0.25) is 4.79 Å². The maximum absolute atomic E-state index is 11.6. The fraction of sp³-hybridized carbons (Fsp3) is 0.429. The molecule has 0 saturated carbocycles. The van der Waals surface area contributed by atoms with Crippen molar-refractivity contribution in [1.29, 1.82) is 0 Å². The molecule has 0 aliphatic carbocycles. The second-order valence-electron chi connectivity index (χ2n) is 4.10. The summed E-state index contributed by atoms with van der Waals surface area (Å²) in [6.07, 6.45) is 0. The molecule has 6 nitrogen and oxygen atoms in total. The quantitative estimate of drug-likeness (QED) is 0.607. The van der Waals surface area contributed by atoms with Crippen LogP contribution in [0.4, 0.5) is 0 Å². The zero-order valence-electron chi connectivity index (χ0n) is 12.5. The molecule has 0 aliphatic heterocycles. The summed E-state index contributed by atoms with van der Waals surface area (Å²) < 4.78 is 15.1. The molecule has 1 rings (SSSR count). The number of rotatable bonds is 7. The average Bonchev–Trinajstić information content (AvgIpc) is 2.49. The minimum atomic E-state index is -0.714. The standard InChI is InChI=1S/C14H19NO5S/c1-9(16)15-11(14(17)20-4)8-21-13-7-10(18-2)5-6-12(13)19-3/h5-7,11H,8H2,1-4H3,(H,15,16)/t11-/m0/s1.